The molecule has 2 aromatic carbocycles. The maximum atomic E-state index is 14.6. The fraction of sp³-hybridized carbons (Fsp3) is 0.595. The molecule has 0 saturated heterocycles. The Bertz CT molecular complexity index is 1810. The summed E-state index contributed by atoms with van der Waals surface area (Å²) in [7, 11) is -4.23. The Morgan fingerprint density at radius 1 is 0.912 bits per heavy atom. The zero-order chi connectivity index (χ0) is 41.9. The van der Waals surface area contributed by atoms with Gasteiger partial charge in [0.25, 0.3) is 0 Å². The second-order valence-electron chi connectivity index (χ2n) is 16.3. The number of aliphatic hydroxyl groups is 1. The maximum Gasteiger partial charge on any atom is 0.319 e. The van der Waals surface area contributed by atoms with E-state index in [1.54, 1.807) is 24.3 Å². The summed E-state index contributed by atoms with van der Waals surface area (Å²) in [4.78, 5) is 67.7. The van der Waals surface area contributed by atoms with Crippen LogP contribution >= 0.6 is 0 Å². The first-order valence-electron chi connectivity index (χ1n) is 20.0. The van der Waals surface area contributed by atoms with Gasteiger partial charge in [-0.1, -0.05) is 90.1 Å². The molecular formula is C42H60N4O10S. The van der Waals surface area contributed by atoms with Gasteiger partial charge in [-0.15, -0.1) is 0 Å². The molecule has 2 aromatic rings. The summed E-state index contributed by atoms with van der Waals surface area (Å²) in [6.07, 6.45) is 4.53. The highest BCUT2D eigenvalue weighted by molar-refractivity contribution is 7.92. The van der Waals surface area contributed by atoms with E-state index in [0.717, 1.165) is 37.7 Å². The van der Waals surface area contributed by atoms with Crippen LogP contribution in [-0.4, -0.2) is 96.3 Å². The van der Waals surface area contributed by atoms with Crippen LogP contribution in [0.3, 0.4) is 0 Å². The number of nitrogens with zero attached hydrogens (tertiary/aromatic N) is 1. The van der Waals surface area contributed by atoms with Crippen LogP contribution in [0.1, 0.15) is 103 Å². The summed E-state index contributed by atoms with van der Waals surface area (Å²) in [6.45, 7) is 9.41. The molecule has 5 N–H and O–H groups in total. The molecule has 4 rings (SSSR count). The number of rotatable bonds is 20. The average Bonchev–Trinajstić information content (AvgIpc) is 3.56. The van der Waals surface area contributed by atoms with Crippen LogP contribution in [0.25, 0.3) is 0 Å². The molecule has 1 aliphatic carbocycles. The van der Waals surface area contributed by atoms with Crippen molar-refractivity contribution >= 4 is 39.4 Å². The van der Waals surface area contributed by atoms with Crippen LogP contribution in [-0.2, 0) is 40.2 Å². The van der Waals surface area contributed by atoms with Crippen molar-refractivity contribution in [1.82, 2.24) is 20.9 Å². The lowest BCUT2D eigenvalue weighted by molar-refractivity contribution is -0.143. The smallest absolute Gasteiger partial charge is 0.319 e. The minimum Gasteiger partial charge on any atom is -0.491 e. The molecule has 1 saturated carbocycles. The van der Waals surface area contributed by atoms with E-state index in [0.29, 0.717) is 18.5 Å². The number of nitrogens with one attached hydrogen (secondary N) is 3. The number of sulfone groups is 1. The first-order chi connectivity index (χ1) is 26.9. The van der Waals surface area contributed by atoms with Crippen LogP contribution in [0, 0.1) is 17.8 Å². The third-order valence-electron chi connectivity index (χ3n) is 10.6. The van der Waals surface area contributed by atoms with Crippen molar-refractivity contribution in [3.05, 3.63) is 59.7 Å². The van der Waals surface area contributed by atoms with E-state index in [1.165, 1.54) is 30.0 Å². The topological polar surface area (TPSA) is 209 Å². The molecule has 57 heavy (non-hydrogen) atoms. The van der Waals surface area contributed by atoms with E-state index < -0.39 is 69.6 Å². The fourth-order valence-corrected chi connectivity index (χ4v) is 8.80. The van der Waals surface area contributed by atoms with Crippen LogP contribution in [0.4, 0.5) is 0 Å². The Labute approximate surface area is 336 Å². The molecule has 15 heteroatoms. The van der Waals surface area contributed by atoms with Crippen LogP contribution in [0.5, 0.6) is 5.75 Å². The normalized spacial score (nSPS) is 17.8. The lowest BCUT2D eigenvalue weighted by Gasteiger charge is -2.36. The Kier molecular flexibility index (Phi) is 16.5. The number of aliphatic carboxylic acids is 1. The lowest BCUT2D eigenvalue weighted by Crippen LogP contribution is -2.58. The quantitative estimate of drug-likeness (QED) is 0.130. The zero-order valence-electron chi connectivity index (χ0n) is 33.7. The molecule has 1 fully saturated rings. The summed E-state index contributed by atoms with van der Waals surface area (Å²) >= 11 is 0. The Hall–Kier alpha value is -4.50. The second kappa shape index (κ2) is 20.8. The molecule has 314 valence electrons. The van der Waals surface area contributed by atoms with Crippen molar-refractivity contribution in [3.8, 4) is 5.75 Å². The van der Waals surface area contributed by atoms with Gasteiger partial charge in [0.15, 0.2) is 15.6 Å². The Morgan fingerprint density at radius 3 is 2.21 bits per heavy atom. The standard InChI is InChI=1S/C42H60N4O10S/c1-26(2)18-34(41(52)44-33(19-29-12-8-6-9-13-29)37(48)22-39(49)43-23-27(3)4)45-42(53)35(20-30-14-10-7-11-15-30)46(28(5)47)36-24-56-38-17-16-31(21-32(36)38)57(54,55)25-40(50)51/h7,10-11,14-17,21,26-27,29,33-37,48H,6,8-9,12-13,18-20,22-25H2,1-5H3,(H,43,49)(H,44,52)(H,45,53)(H,50,51)/t33?,34-,35-,36?,37?/m0/s1. The number of carboxylic acids is 1. The summed E-state index contributed by atoms with van der Waals surface area (Å²) in [5.41, 5.74) is 1.02. The van der Waals surface area contributed by atoms with Crippen molar-refractivity contribution in [1.29, 1.82) is 0 Å². The van der Waals surface area contributed by atoms with Crippen molar-refractivity contribution in [3.63, 3.8) is 0 Å². The van der Waals surface area contributed by atoms with Crippen molar-refractivity contribution in [2.75, 3.05) is 18.9 Å². The van der Waals surface area contributed by atoms with E-state index in [9.17, 15) is 42.6 Å². The Morgan fingerprint density at radius 2 is 1.60 bits per heavy atom. The van der Waals surface area contributed by atoms with E-state index in [2.05, 4.69) is 16.0 Å². The van der Waals surface area contributed by atoms with Gasteiger partial charge < -0.3 is 35.8 Å². The highest BCUT2D eigenvalue weighted by Gasteiger charge is 2.41. The molecule has 0 bridgehead atoms. The van der Waals surface area contributed by atoms with E-state index in [-0.39, 0.29) is 60.2 Å². The lowest BCUT2D eigenvalue weighted by atomic mass is 9.83. The van der Waals surface area contributed by atoms with Crippen LogP contribution < -0.4 is 20.7 Å². The number of aliphatic hydroxyl groups excluding tert-OH is 1. The monoisotopic (exact) mass is 812 g/mol. The van der Waals surface area contributed by atoms with Gasteiger partial charge in [-0.3, -0.25) is 24.0 Å². The molecule has 1 heterocycles. The number of hydrogen-bond acceptors (Lipinski definition) is 9. The van der Waals surface area contributed by atoms with E-state index >= 15 is 0 Å². The van der Waals surface area contributed by atoms with Gasteiger partial charge in [-0.2, -0.15) is 0 Å². The van der Waals surface area contributed by atoms with Gasteiger partial charge in [-0.25, -0.2) is 8.42 Å². The number of carbonyl (C=O) groups excluding carboxylic acids is 4. The highest BCUT2D eigenvalue weighted by Crippen LogP contribution is 2.39. The number of carboxylic acid groups (broad SMARTS) is 1. The predicted octanol–water partition coefficient (Wildman–Crippen LogP) is 3.95. The van der Waals surface area contributed by atoms with Gasteiger partial charge in [0, 0.05) is 25.5 Å². The molecule has 14 nitrogen and oxygen atoms in total. The third-order valence-corrected chi connectivity index (χ3v) is 12.2. The van der Waals surface area contributed by atoms with Crippen LogP contribution in [0.15, 0.2) is 53.4 Å². The number of amides is 4. The van der Waals surface area contributed by atoms with Gasteiger partial charge >= 0.3 is 5.97 Å². The number of benzene rings is 2. The predicted molar refractivity (Wildman–Crippen MR) is 214 cm³/mol. The number of carbonyl (C=O) groups is 5. The molecule has 2 aliphatic rings. The van der Waals surface area contributed by atoms with Crippen molar-refractivity contribution < 1.29 is 47.3 Å². The summed E-state index contributed by atoms with van der Waals surface area (Å²) in [6, 6.07) is 9.03. The third kappa shape index (κ3) is 13.3. The van der Waals surface area contributed by atoms with Crippen molar-refractivity contribution in [2.45, 2.75) is 128 Å². The summed E-state index contributed by atoms with van der Waals surface area (Å²) in [5.74, 6) is -3.91. The number of hydrogen-bond donors (Lipinski definition) is 5. The highest BCUT2D eigenvalue weighted by atomic mass is 32.2. The van der Waals surface area contributed by atoms with E-state index in [1.807, 2.05) is 33.8 Å². The van der Waals surface area contributed by atoms with Gasteiger partial charge in [-0.05, 0) is 54.4 Å². The minimum atomic E-state index is -4.23. The SMILES string of the molecule is CC(=O)N(C1COc2ccc(S(=O)(=O)CC(=O)O)cc21)[C@@H](Cc1ccccc1)C(=O)N[C@@H](CC(C)C)C(=O)NC(CC1CCCCC1)C(O)CC(=O)NCC(C)C. The van der Waals surface area contributed by atoms with Gasteiger partial charge in [0.2, 0.25) is 23.6 Å². The van der Waals surface area contributed by atoms with Crippen LogP contribution in [0.2, 0.25) is 0 Å². The summed E-state index contributed by atoms with van der Waals surface area (Å²) in [5, 5.41) is 29.4. The molecule has 4 amide bonds. The fourth-order valence-electron chi connectivity index (χ4n) is 7.73. The zero-order valence-corrected chi connectivity index (χ0v) is 34.6. The molecule has 5 atom stereocenters. The average molecular weight is 813 g/mol. The molecule has 0 radical (unpaired) electrons. The molecule has 0 aromatic heterocycles. The molecular weight excluding hydrogens is 753 g/mol. The Balaban J connectivity index is 1.65. The van der Waals surface area contributed by atoms with Gasteiger partial charge in [0.1, 0.15) is 24.4 Å². The largest absolute Gasteiger partial charge is 0.491 e. The molecule has 3 unspecified atom stereocenters. The van der Waals surface area contributed by atoms with Gasteiger partial charge in [0.05, 0.1) is 29.5 Å². The maximum absolute atomic E-state index is 14.6. The minimum absolute atomic E-state index is 0.0413. The molecule has 1 aliphatic heterocycles. The second-order valence-corrected chi connectivity index (χ2v) is 18.3. The first kappa shape index (κ1) is 45.2. The molecule has 0 spiro atoms. The number of fused-ring (bicyclic) bond motifs is 1. The van der Waals surface area contributed by atoms with E-state index in [4.69, 9.17) is 4.74 Å². The van der Waals surface area contributed by atoms with Crippen molar-refractivity contribution in [2.24, 2.45) is 17.8 Å². The first-order valence-corrected chi connectivity index (χ1v) is 21.7. The number of ether oxygens (including phenoxy) is 1. The summed E-state index contributed by atoms with van der Waals surface area (Å²) < 4.78 is 31.7.